The van der Waals surface area contributed by atoms with Gasteiger partial charge in [0.1, 0.15) is 0 Å². The van der Waals surface area contributed by atoms with Crippen molar-refractivity contribution >= 4 is 16.9 Å². The highest BCUT2D eigenvalue weighted by Crippen LogP contribution is 2.44. The van der Waals surface area contributed by atoms with E-state index in [2.05, 4.69) is 46.1 Å². The van der Waals surface area contributed by atoms with Gasteiger partial charge in [-0.05, 0) is 67.9 Å². The minimum atomic E-state index is 0.116. The second-order valence-corrected chi connectivity index (χ2v) is 7.89. The summed E-state index contributed by atoms with van der Waals surface area (Å²) in [6, 6.07) is 15.1. The van der Waals surface area contributed by atoms with Crippen LogP contribution in [0.4, 0.5) is 0 Å². The molecule has 0 unspecified atom stereocenters. The minimum Gasteiger partial charge on any atom is -0.333 e. The molecule has 0 atom stereocenters. The molecular formula is C23H23N3O. The molecule has 2 saturated carbocycles. The molecule has 0 spiro atoms. The van der Waals surface area contributed by atoms with Crippen LogP contribution < -0.4 is 0 Å². The molecule has 0 radical (unpaired) electrons. The zero-order chi connectivity index (χ0) is 18.4. The van der Waals surface area contributed by atoms with Gasteiger partial charge in [0.25, 0.3) is 5.91 Å². The summed E-state index contributed by atoms with van der Waals surface area (Å²) in [5, 5.41) is 0. The average molecular weight is 357 g/mol. The molecule has 5 rings (SSSR count). The number of nitrogens with zero attached hydrogens (tertiary/aromatic N) is 3. The van der Waals surface area contributed by atoms with E-state index in [0.717, 1.165) is 36.7 Å². The number of aromatic nitrogens is 2. The zero-order valence-electron chi connectivity index (χ0n) is 15.5. The van der Waals surface area contributed by atoms with E-state index in [-0.39, 0.29) is 5.91 Å². The number of hydrogen-bond acceptors (Lipinski definition) is 3. The molecule has 27 heavy (non-hydrogen) atoms. The fourth-order valence-electron chi connectivity index (χ4n) is 4.32. The SMILES string of the molecule is Cc1ccccc1C1CC(N(C(=O)c2cnc3cccnc3c2)C2CC2)C1. The maximum atomic E-state index is 13.3. The summed E-state index contributed by atoms with van der Waals surface area (Å²) >= 11 is 0. The summed E-state index contributed by atoms with van der Waals surface area (Å²) < 4.78 is 0. The number of aryl methyl sites for hydroxylation is 1. The lowest BCUT2D eigenvalue weighted by Crippen LogP contribution is -2.48. The molecule has 2 aliphatic rings. The van der Waals surface area contributed by atoms with Crippen molar-refractivity contribution in [1.82, 2.24) is 14.9 Å². The van der Waals surface area contributed by atoms with Crippen LogP contribution in [0.5, 0.6) is 0 Å². The normalized spacial score (nSPS) is 21.7. The van der Waals surface area contributed by atoms with E-state index >= 15 is 0 Å². The van der Waals surface area contributed by atoms with Gasteiger partial charge in [0.05, 0.1) is 16.6 Å². The van der Waals surface area contributed by atoms with Crippen LogP contribution in [0, 0.1) is 6.92 Å². The lowest BCUT2D eigenvalue weighted by atomic mass is 9.73. The van der Waals surface area contributed by atoms with Crippen LogP contribution >= 0.6 is 0 Å². The topological polar surface area (TPSA) is 46.1 Å². The predicted octanol–water partition coefficient (Wildman–Crippen LogP) is 4.49. The zero-order valence-corrected chi connectivity index (χ0v) is 15.5. The van der Waals surface area contributed by atoms with Gasteiger partial charge in [0.2, 0.25) is 0 Å². The van der Waals surface area contributed by atoms with E-state index in [9.17, 15) is 4.79 Å². The molecule has 0 bridgehead atoms. The lowest BCUT2D eigenvalue weighted by Gasteiger charge is -2.44. The standard InChI is InChI=1S/C23H23N3O/c1-15-5-2-3-6-20(15)16-11-19(12-16)26(18-8-9-18)23(27)17-13-22-21(25-14-17)7-4-10-24-22/h2-7,10,13-14,16,18-19H,8-9,11-12H2,1H3. The molecule has 0 N–H and O–H groups in total. The van der Waals surface area contributed by atoms with Crippen LogP contribution in [-0.2, 0) is 0 Å². The highest BCUT2D eigenvalue weighted by atomic mass is 16.2. The van der Waals surface area contributed by atoms with Gasteiger partial charge in [0, 0.05) is 24.5 Å². The summed E-state index contributed by atoms with van der Waals surface area (Å²) in [7, 11) is 0. The Labute approximate surface area is 159 Å². The van der Waals surface area contributed by atoms with Gasteiger partial charge < -0.3 is 4.90 Å². The van der Waals surface area contributed by atoms with E-state index in [4.69, 9.17) is 0 Å². The number of benzene rings is 1. The molecule has 2 fully saturated rings. The average Bonchev–Trinajstić information content (AvgIpc) is 3.49. The predicted molar refractivity (Wildman–Crippen MR) is 106 cm³/mol. The van der Waals surface area contributed by atoms with Gasteiger partial charge in [-0.15, -0.1) is 0 Å². The van der Waals surface area contributed by atoms with Crippen molar-refractivity contribution in [2.75, 3.05) is 0 Å². The van der Waals surface area contributed by atoms with Gasteiger partial charge in [-0.2, -0.15) is 0 Å². The molecule has 0 saturated heterocycles. The Morgan fingerprint density at radius 2 is 1.81 bits per heavy atom. The number of pyridine rings is 2. The summed E-state index contributed by atoms with van der Waals surface area (Å²) in [5.41, 5.74) is 5.07. The van der Waals surface area contributed by atoms with E-state index in [1.54, 1.807) is 12.4 Å². The van der Waals surface area contributed by atoms with Crippen LogP contribution in [0.25, 0.3) is 11.0 Å². The molecule has 4 heteroatoms. The molecular weight excluding hydrogens is 334 g/mol. The summed E-state index contributed by atoms with van der Waals surface area (Å²) in [4.78, 5) is 24.2. The highest BCUT2D eigenvalue weighted by molar-refractivity contribution is 5.97. The fourth-order valence-corrected chi connectivity index (χ4v) is 4.32. The van der Waals surface area contributed by atoms with Crippen LogP contribution in [-0.4, -0.2) is 32.9 Å². The number of carbonyl (C=O) groups excluding carboxylic acids is 1. The second kappa shape index (κ2) is 6.45. The Kier molecular flexibility index (Phi) is 3.92. The van der Waals surface area contributed by atoms with Gasteiger partial charge in [-0.1, -0.05) is 24.3 Å². The first-order valence-electron chi connectivity index (χ1n) is 9.79. The quantitative estimate of drug-likeness (QED) is 0.691. The Morgan fingerprint density at radius 1 is 1.00 bits per heavy atom. The maximum absolute atomic E-state index is 13.3. The number of carbonyl (C=O) groups is 1. The van der Waals surface area contributed by atoms with Crippen LogP contribution in [0.2, 0.25) is 0 Å². The van der Waals surface area contributed by atoms with E-state index < -0.39 is 0 Å². The summed E-state index contributed by atoms with van der Waals surface area (Å²) in [6.07, 6.45) is 7.82. The second-order valence-electron chi connectivity index (χ2n) is 7.89. The summed E-state index contributed by atoms with van der Waals surface area (Å²) in [5.74, 6) is 0.687. The monoisotopic (exact) mass is 357 g/mol. The van der Waals surface area contributed by atoms with Crippen LogP contribution in [0.3, 0.4) is 0 Å². The molecule has 3 aromatic rings. The third kappa shape index (κ3) is 2.99. The Hall–Kier alpha value is -2.75. The van der Waals surface area contributed by atoms with E-state index in [1.807, 2.05) is 18.2 Å². The minimum absolute atomic E-state index is 0.116. The van der Waals surface area contributed by atoms with E-state index in [1.165, 1.54) is 11.1 Å². The first-order valence-corrected chi connectivity index (χ1v) is 9.79. The molecule has 2 heterocycles. The molecule has 2 aliphatic carbocycles. The number of rotatable bonds is 4. The van der Waals surface area contributed by atoms with Crippen molar-refractivity contribution in [3.05, 3.63) is 71.5 Å². The van der Waals surface area contributed by atoms with Crippen LogP contribution in [0.15, 0.2) is 54.9 Å². The Balaban J connectivity index is 1.37. The molecule has 0 aliphatic heterocycles. The van der Waals surface area contributed by atoms with Crippen molar-refractivity contribution < 1.29 is 4.79 Å². The number of amides is 1. The fraction of sp³-hybridized carbons (Fsp3) is 0.348. The number of fused-ring (bicyclic) bond motifs is 1. The van der Waals surface area contributed by atoms with Crippen molar-refractivity contribution in [2.24, 2.45) is 0 Å². The van der Waals surface area contributed by atoms with Crippen molar-refractivity contribution in [2.45, 2.75) is 50.6 Å². The van der Waals surface area contributed by atoms with Crippen molar-refractivity contribution in [3.63, 3.8) is 0 Å². The van der Waals surface area contributed by atoms with Gasteiger partial charge in [-0.25, -0.2) is 0 Å². The first kappa shape index (κ1) is 16.4. The Bertz CT molecular complexity index is 1010. The Morgan fingerprint density at radius 3 is 2.59 bits per heavy atom. The molecule has 136 valence electrons. The molecule has 1 amide bonds. The summed E-state index contributed by atoms with van der Waals surface area (Å²) in [6.45, 7) is 2.18. The van der Waals surface area contributed by atoms with Gasteiger partial charge in [-0.3, -0.25) is 14.8 Å². The third-order valence-electron chi connectivity index (χ3n) is 6.01. The first-order chi connectivity index (χ1) is 13.2. The molecule has 1 aromatic carbocycles. The lowest BCUT2D eigenvalue weighted by molar-refractivity contribution is 0.0516. The smallest absolute Gasteiger partial charge is 0.255 e. The highest BCUT2D eigenvalue weighted by Gasteiger charge is 2.44. The molecule has 4 nitrogen and oxygen atoms in total. The largest absolute Gasteiger partial charge is 0.333 e. The molecule has 2 aromatic heterocycles. The van der Waals surface area contributed by atoms with Crippen molar-refractivity contribution in [3.8, 4) is 0 Å². The number of hydrogen-bond donors (Lipinski definition) is 0. The van der Waals surface area contributed by atoms with Gasteiger partial charge in [0.15, 0.2) is 0 Å². The van der Waals surface area contributed by atoms with Crippen molar-refractivity contribution in [1.29, 1.82) is 0 Å². The third-order valence-corrected chi connectivity index (χ3v) is 6.01. The van der Waals surface area contributed by atoms with Crippen LogP contribution in [0.1, 0.15) is 53.1 Å². The van der Waals surface area contributed by atoms with Gasteiger partial charge >= 0.3 is 0 Å². The maximum Gasteiger partial charge on any atom is 0.255 e. The van der Waals surface area contributed by atoms with E-state index in [0.29, 0.717) is 23.6 Å².